The monoisotopic (exact) mass is 300 g/mol. The Bertz CT molecular complexity index is 699. The summed E-state index contributed by atoms with van der Waals surface area (Å²) in [6.07, 6.45) is 5.13. The zero-order valence-electron chi connectivity index (χ0n) is 9.42. The van der Waals surface area contributed by atoms with E-state index in [-0.39, 0.29) is 0 Å². The first kappa shape index (κ1) is 11.2. The zero-order valence-corrected chi connectivity index (χ0v) is 11.0. The molecule has 0 fully saturated rings. The second-order valence-corrected chi connectivity index (χ2v) is 4.33. The van der Waals surface area contributed by atoms with Gasteiger partial charge in [0.2, 0.25) is 0 Å². The number of benzene rings is 1. The lowest BCUT2D eigenvalue weighted by atomic mass is 10.2. The first-order valence-electron chi connectivity index (χ1n) is 5.46. The molecule has 0 aliphatic carbocycles. The fourth-order valence-electron chi connectivity index (χ4n) is 1.71. The van der Waals surface area contributed by atoms with E-state index >= 15 is 0 Å². The van der Waals surface area contributed by atoms with Crippen LogP contribution in [0.5, 0.6) is 0 Å². The highest BCUT2D eigenvalue weighted by Crippen LogP contribution is 2.19. The molecule has 1 aromatic carbocycles. The maximum atomic E-state index is 4.46. The average Bonchev–Trinajstić information content (AvgIpc) is 2.47. The lowest BCUT2D eigenvalue weighted by molar-refractivity contribution is 1.10. The third kappa shape index (κ3) is 2.09. The van der Waals surface area contributed by atoms with E-state index in [0.29, 0.717) is 5.82 Å². The molecule has 3 aromatic rings. The van der Waals surface area contributed by atoms with Gasteiger partial charge in [-0.3, -0.25) is 9.97 Å². The lowest BCUT2D eigenvalue weighted by Gasteiger charge is -2.02. The van der Waals surface area contributed by atoms with Crippen LogP contribution < -0.4 is 0 Å². The standard InChI is InChI=1S/C13H9BrN4/c14-8-10-3-4-17-13(18-10)9-1-2-11-12(7-9)16-6-5-15-11/h1-7H,8H2. The van der Waals surface area contributed by atoms with Crippen LogP contribution in [-0.2, 0) is 5.33 Å². The Labute approximate surface area is 112 Å². The van der Waals surface area contributed by atoms with Crippen molar-refractivity contribution >= 4 is 27.0 Å². The Morgan fingerprint density at radius 1 is 0.889 bits per heavy atom. The van der Waals surface area contributed by atoms with Crippen LogP contribution in [0.3, 0.4) is 0 Å². The summed E-state index contributed by atoms with van der Waals surface area (Å²) < 4.78 is 0. The lowest BCUT2D eigenvalue weighted by Crippen LogP contribution is -1.93. The van der Waals surface area contributed by atoms with Gasteiger partial charge in [-0.1, -0.05) is 15.9 Å². The first-order valence-corrected chi connectivity index (χ1v) is 6.58. The number of hydrogen-bond donors (Lipinski definition) is 0. The van der Waals surface area contributed by atoms with Crippen molar-refractivity contribution in [2.24, 2.45) is 0 Å². The van der Waals surface area contributed by atoms with Crippen molar-refractivity contribution in [1.29, 1.82) is 0 Å². The highest BCUT2D eigenvalue weighted by Gasteiger charge is 2.04. The van der Waals surface area contributed by atoms with Crippen LogP contribution in [0.15, 0.2) is 42.9 Å². The molecular weight excluding hydrogens is 292 g/mol. The van der Waals surface area contributed by atoms with Crippen molar-refractivity contribution in [1.82, 2.24) is 19.9 Å². The van der Waals surface area contributed by atoms with Gasteiger partial charge < -0.3 is 0 Å². The van der Waals surface area contributed by atoms with E-state index in [4.69, 9.17) is 0 Å². The molecule has 4 nitrogen and oxygen atoms in total. The van der Waals surface area contributed by atoms with Crippen LogP contribution in [0.1, 0.15) is 5.69 Å². The molecule has 0 saturated carbocycles. The van der Waals surface area contributed by atoms with E-state index in [9.17, 15) is 0 Å². The normalized spacial score (nSPS) is 10.7. The van der Waals surface area contributed by atoms with Crippen LogP contribution in [0, 0.1) is 0 Å². The molecule has 0 unspecified atom stereocenters. The number of rotatable bonds is 2. The van der Waals surface area contributed by atoms with Gasteiger partial charge in [-0.2, -0.15) is 0 Å². The third-order valence-corrected chi connectivity index (χ3v) is 3.15. The van der Waals surface area contributed by atoms with Gasteiger partial charge in [-0.05, 0) is 24.3 Å². The molecule has 18 heavy (non-hydrogen) atoms. The molecule has 5 heteroatoms. The minimum atomic E-state index is 0.708. The van der Waals surface area contributed by atoms with E-state index in [0.717, 1.165) is 27.6 Å². The summed E-state index contributed by atoms with van der Waals surface area (Å²) in [5.74, 6) is 0.708. The highest BCUT2D eigenvalue weighted by molar-refractivity contribution is 9.08. The summed E-state index contributed by atoms with van der Waals surface area (Å²) >= 11 is 3.39. The van der Waals surface area contributed by atoms with E-state index in [1.807, 2.05) is 24.3 Å². The van der Waals surface area contributed by atoms with E-state index in [1.54, 1.807) is 18.6 Å². The predicted octanol–water partition coefficient (Wildman–Crippen LogP) is 2.98. The summed E-state index contributed by atoms with van der Waals surface area (Å²) in [7, 11) is 0. The minimum absolute atomic E-state index is 0.708. The van der Waals surface area contributed by atoms with Crippen molar-refractivity contribution in [3.8, 4) is 11.4 Å². The van der Waals surface area contributed by atoms with Gasteiger partial charge in [0.1, 0.15) is 0 Å². The summed E-state index contributed by atoms with van der Waals surface area (Å²) in [6, 6.07) is 7.74. The first-order chi connectivity index (χ1) is 8.86. The third-order valence-electron chi connectivity index (χ3n) is 2.58. The SMILES string of the molecule is BrCc1ccnc(-c2ccc3nccnc3c2)n1. The van der Waals surface area contributed by atoms with Gasteiger partial charge in [0.05, 0.1) is 16.7 Å². The zero-order chi connectivity index (χ0) is 12.4. The molecule has 0 aliphatic heterocycles. The largest absolute Gasteiger partial charge is 0.253 e. The molecule has 88 valence electrons. The van der Waals surface area contributed by atoms with E-state index in [2.05, 4.69) is 35.9 Å². The Balaban J connectivity index is 2.13. The van der Waals surface area contributed by atoms with Gasteiger partial charge in [0.15, 0.2) is 5.82 Å². The van der Waals surface area contributed by atoms with Gasteiger partial charge in [0.25, 0.3) is 0 Å². The minimum Gasteiger partial charge on any atom is -0.253 e. The van der Waals surface area contributed by atoms with Gasteiger partial charge in [0, 0.05) is 29.5 Å². The maximum Gasteiger partial charge on any atom is 0.159 e. The Morgan fingerprint density at radius 2 is 1.72 bits per heavy atom. The van der Waals surface area contributed by atoms with E-state index in [1.165, 1.54) is 0 Å². The Kier molecular flexibility index (Phi) is 2.98. The number of nitrogens with zero attached hydrogens (tertiary/aromatic N) is 4. The fraction of sp³-hybridized carbons (Fsp3) is 0.0769. The number of hydrogen-bond acceptors (Lipinski definition) is 4. The molecule has 0 saturated heterocycles. The van der Waals surface area contributed by atoms with Crippen LogP contribution in [-0.4, -0.2) is 19.9 Å². The number of aromatic nitrogens is 4. The van der Waals surface area contributed by atoms with Crippen LogP contribution in [0.4, 0.5) is 0 Å². The number of halogens is 1. The molecule has 0 bridgehead atoms. The molecule has 0 N–H and O–H groups in total. The maximum absolute atomic E-state index is 4.46. The summed E-state index contributed by atoms with van der Waals surface area (Å²) in [6.45, 7) is 0. The smallest absolute Gasteiger partial charge is 0.159 e. The molecule has 0 aliphatic rings. The van der Waals surface area contributed by atoms with Crippen molar-refractivity contribution in [2.45, 2.75) is 5.33 Å². The van der Waals surface area contributed by atoms with Crippen molar-refractivity contribution < 1.29 is 0 Å². The molecule has 2 heterocycles. The molecular formula is C13H9BrN4. The Morgan fingerprint density at radius 3 is 2.56 bits per heavy atom. The summed E-state index contributed by atoms with van der Waals surface area (Å²) in [5, 5.41) is 0.718. The summed E-state index contributed by atoms with van der Waals surface area (Å²) in [5.41, 5.74) is 3.63. The molecule has 2 aromatic heterocycles. The van der Waals surface area contributed by atoms with Crippen molar-refractivity contribution in [2.75, 3.05) is 0 Å². The molecule has 0 spiro atoms. The second-order valence-electron chi connectivity index (χ2n) is 3.77. The second kappa shape index (κ2) is 4.78. The molecule has 0 atom stereocenters. The average molecular weight is 301 g/mol. The van der Waals surface area contributed by atoms with Gasteiger partial charge >= 0.3 is 0 Å². The van der Waals surface area contributed by atoms with Crippen LogP contribution in [0.2, 0.25) is 0 Å². The van der Waals surface area contributed by atoms with E-state index < -0.39 is 0 Å². The van der Waals surface area contributed by atoms with Crippen LogP contribution in [0.25, 0.3) is 22.4 Å². The van der Waals surface area contributed by atoms with Crippen LogP contribution >= 0.6 is 15.9 Å². The fourth-order valence-corrected chi connectivity index (χ4v) is 2.02. The Hall–Kier alpha value is -1.88. The van der Waals surface area contributed by atoms with Crippen molar-refractivity contribution in [3.05, 3.63) is 48.5 Å². The highest BCUT2D eigenvalue weighted by atomic mass is 79.9. The quantitative estimate of drug-likeness (QED) is 0.683. The molecule has 0 amide bonds. The van der Waals surface area contributed by atoms with Gasteiger partial charge in [-0.15, -0.1) is 0 Å². The topological polar surface area (TPSA) is 51.6 Å². The number of fused-ring (bicyclic) bond motifs is 1. The predicted molar refractivity (Wildman–Crippen MR) is 73.2 cm³/mol. The van der Waals surface area contributed by atoms with Crippen molar-refractivity contribution in [3.63, 3.8) is 0 Å². The molecule has 0 radical (unpaired) electrons. The summed E-state index contributed by atoms with van der Waals surface area (Å²) in [4.78, 5) is 17.3. The number of alkyl halides is 1. The molecule has 3 rings (SSSR count). The van der Waals surface area contributed by atoms with Gasteiger partial charge in [-0.25, -0.2) is 9.97 Å².